The van der Waals surface area contributed by atoms with Crippen molar-refractivity contribution in [3.05, 3.63) is 23.3 Å². The molecular weight excluding hydrogens is 202 g/mol. The van der Waals surface area contributed by atoms with Crippen LogP contribution in [-0.2, 0) is 4.79 Å². The SMILES string of the molecule is Cc1cc(C)c(N2CCC(=N)C2=O)cc1N. The lowest BCUT2D eigenvalue weighted by Crippen LogP contribution is -2.27. The van der Waals surface area contributed by atoms with Gasteiger partial charge in [-0.15, -0.1) is 0 Å². The van der Waals surface area contributed by atoms with Crippen molar-refractivity contribution >= 4 is 23.0 Å². The minimum atomic E-state index is -0.202. The zero-order chi connectivity index (χ0) is 11.9. The highest BCUT2D eigenvalue weighted by molar-refractivity contribution is 6.44. The van der Waals surface area contributed by atoms with Crippen molar-refractivity contribution in [1.29, 1.82) is 5.41 Å². The molecule has 1 aliphatic rings. The quantitative estimate of drug-likeness (QED) is 0.702. The number of nitrogens with one attached hydrogen (secondary N) is 1. The first-order chi connectivity index (χ1) is 7.50. The maximum absolute atomic E-state index is 11.7. The summed E-state index contributed by atoms with van der Waals surface area (Å²) in [6.07, 6.45) is 0.520. The van der Waals surface area contributed by atoms with E-state index in [1.165, 1.54) is 0 Å². The number of amides is 1. The molecular formula is C12H15N3O. The van der Waals surface area contributed by atoms with Crippen LogP contribution < -0.4 is 10.6 Å². The van der Waals surface area contributed by atoms with Crippen LogP contribution in [0.2, 0.25) is 0 Å². The molecule has 0 bridgehead atoms. The van der Waals surface area contributed by atoms with Crippen molar-refractivity contribution in [2.45, 2.75) is 20.3 Å². The number of nitrogen functional groups attached to an aromatic ring is 1. The van der Waals surface area contributed by atoms with Crippen LogP contribution in [0.25, 0.3) is 0 Å². The number of nitrogens with zero attached hydrogens (tertiary/aromatic N) is 1. The maximum atomic E-state index is 11.7. The zero-order valence-corrected chi connectivity index (χ0v) is 9.50. The Labute approximate surface area is 94.6 Å². The van der Waals surface area contributed by atoms with Gasteiger partial charge in [0.1, 0.15) is 0 Å². The van der Waals surface area contributed by atoms with Crippen molar-refractivity contribution in [2.75, 3.05) is 17.2 Å². The third-order valence-corrected chi connectivity index (χ3v) is 2.96. The molecule has 1 saturated heterocycles. The van der Waals surface area contributed by atoms with Gasteiger partial charge in [0.25, 0.3) is 5.91 Å². The monoisotopic (exact) mass is 217 g/mol. The third kappa shape index (κ3) is 1.56. The van der Waals surface area contributed by atoms with Gasteiger partial charge in [-0.05, 0) is 31.0 Å². The van der Waals surface area contributed by atoms with Gasteiger partial charge in [-0.25, -0.2) is 0 Å². The lowest BCUT2D eigenvalue weighted by Gasteiger charge is -2.19. The van der Waals surface area contributed by atoms with Crippen molar-refractivity contribution in [3.8, 4) is 0 Å². The molecule has 0 aliphatic carbocycles. The summed E-state index contributed by atoms with van der Waals surface area (Å²) in [7, 11) is 0. The molecule has 3 N–H and O–H groups in total. The second kappa shape index (κ2) is 3.63. The summed E-state index contributed by atoms with van der Waals surface area (Å²) in [4.78, 5) is 13.3. The van der Waals surface area contributed by atoms with Crippen LogP contribution in [0, 0.1) is 19.3 Å². The highest BCUT2D eigenvalue weighted by Gasteiger charge is 2.28. The molecule has 1 aromatic rings. The Balaban J connectivity index is 2.45. The Morgan fingerprint density at radius 3 is 2.56 bits per heavy atom. The van der Waals surface area contributed by atoms with Crippen LogP contribution in [0.5, 0.6) is 0 Å². The number of carbonyl (C=O) groups excluding carboxylic acids is 1. The first kappa shape index (κ1) is 10.7. The highest BCUT2D eigenvalue weighted by Crippen LogP contribution is 2.28. The molecule has 2 rings (SSSR count). The van der Waals surface area contributed by atoms with Gasteiger partial charge < -0.3 is 10.6 Å². The van der Waals surface area contributed by atoms with Gasteiger partial charge in [0.05, 0.1) is 5.71 Å². The molecule has 0 aromatic heterocycles. The Hall–Kier alpha value is -1.84. The second-order valence-corrected chi connectivity index (χ2v) is 4.18. The first-order valence-corrected chi connectivity index (χ1v) is 5.26. The van der Waals surface area contributed by atoms with Gasteiger partial charge in [0.2, 0.25) is 0 Å². The van der Waals surface area contributed by atoms with Crippen LogP contribution in [0.1, 0.15) is 17.5 Å². The zero-order valence-electron chi connectivity index (χ0n) is 9.50. The molecule has 1 aromatic carbocycles. The number of rotatable bonds is 1. The number of aryl methyl sites for hydroxylation is 2. The molecule has 0 spiro atoms. The van der Waals surface area contributed by atoms with E-state index in [1.807, 2.05) is 26.0 Å². The van der Waals surface area contributed by atoms with E-state index < -0.39 is 0 Å². The summed E-state index contributed by atoms with van der Waals surface area (Å²) in [5, 5.41) is 7.48. The summed E-state index contributed by atoms with van der Waals surface area (Å²) in [5.41, 5.74) is 9.58. The second-order valence-electron chi connectivity index (χ2n) is 4.18. The fourth-order valence-corrected chi connectivity index (χ4v) is 1.97. The fourth-order valence-electron chi connectivity index (χ4n) is 1.97. The van der Waals surface area contributed by atoms with E-state index in [0.29, 0.717) is 18.7 Å². The Morgan fingerprint density at radius 2 is 2.00 bits per heavy atom. The number of benzene rings is 1. The Morgan fingerprint density at radius 1 is 1.31 bits per heavy atom. The summed E-state index contributed by atoms with van der Waals surface area (Å²) >= 11 is 0. The number of carbonyl (C=O) groups is 1. The molecule has 0 unspecified atom stereocenters. The summed E-state index contributed by atoms with van der Waals surface area (Å²) in [6, 6.07) is 3.79. The van der Waals surface area contributed by atoms with Crippen LogP contribution in [-0.4, -0.2) is 18.2 Å². The molecule has 1 aliphatic heterocycles. The smallest absolute Gasteiger partial charge is 0.272 e. The number of nitrogens with two attached hydrogens (primary N) is 1. The lowest BCUT2D eigenvalue weighted by molar-refractivity contribution is -0.112. The number of hydrogen-bond donors (Lipinski definition) is 2. The average Bonchev–Trinajstić information content (AvgIpc) is 2.54. The average molecular weight is 217 g/mol. The van der Waals surface area contributed by atoms with Gasteiger partial charge in [-0.1, -0.05) is 6.07 Å². The first-order valence-electron chi connectivity index (χ1n) is 5.26. The predicted molar refractivity (Wildman–Crippen MR) is 65.0 cm³/mol. The number of anilines is 2. The van der Waals surface area contributed by atoms with Crippen molar-refractivity contribution in [2.24, 2.45) is 0 Å². The predicted octanol–water partition coefficient (Wildman–Crippen LogP) is 1.64. The normalized spacial score (nSPS) is 16.0. The van der Waals surface area contributed by atoms with E-state index in [-0.39, 0.29) is 11.6 Å². The van der Waals surface area contributed by atoms with Crippen LogP contribution in [0.4, 0.5) is 11.4 Å². The molecule has 0 saturated carbocycles. The van der Waals surface area contributed by atoms with Crippen molar-refractivity contribution in [1.82, 2.24) is 0 Å². The van der Waals surface area contributed by atoms with E-state index in [1.54, 1.807) is 4.90 Å². The molecule has 1 heterocycles. The summed E-state index contributed by atoms with van der Waals surface area (Å²) in [5.74, 6) is -0.202. The van der Waals surface area contributed by atoms with Gasteiger partial charge >= 0.3 is 0 Å². The topological polar surface area (TPSA) is 70.2 Å². The minimum absolute atomic E-state index is 0.179. The van der Waals surface area contributed by atoms with Gasteiger partial charge in [-0.2, -0.15) is 0 Å². The molecule has 16 heavy (non-hydrogen) atoms. The summed E-state index contributed by atoms with van der Waals surface area (Å²) < 4.78 is 0. The molecule has 1 fully saturated rings. The molecule has 1 amide bonds. The van der Waals surface area contributed by atoms with Crippen molar-refractivity contribution < 1.29 is 4.79 Å². The maximum Gasteiger partial charge on any atom is 0.272 e. The van der Waals surface area contributed by atoms with Crippen LogP contribution in [0.3, 0.4) is 0 Å². The van der Waals surface area contributed by atoms with Gasteiger partial charge in [-0.3, -0.25) is 10.2 Å². The molecule has 84 valence electrons. The molecule has 4 nitrogen and oxygen atoms in total. The largest absolute Gasteiger partial charge is 0.398 e. The van der Waals surface area contributed by atoms with Gasteiger partial charge in [0.15, 0.2) is 0 Å². The molecule has 4 heteroatoms. The van der Waals surface area contributed by atoms with E-state index in [2.05, 4.69) is 0 Å². The third-order valence-electron chi connectivity index (χ3n) is 2.96. The molecule has 0 atom stereocenters. The van der Waals surface area contributed by atoms with E-state index in [0.717, 1.165) is 16.8 Å². The number of hydrogen-bond acceptors (Lipinski definition) is 3. The lowest BCUT2D eigenvalue weighted by atomic mass is 10.1. The van der Waals surface area contributed by atoms with E-state index in [9.17, 15) is 4.79 Å². The standard InChI is InChI=1S/C12H15N3O/c1-7-5-8(2)11(6-10(7)14)15-4-3-9(13)12(15)16/h5-6,13H,3-4,14H2,1-2H3. The van der Waals surface area contributed by atoms with E-state index >= 15 is 0 Å². The Bertz CT molecular complexity index is 479. The molecule has 0 radical (unpaired) electrons. The van der Waals surface area contributed by atoms with Crippen LogP contribution in [0.15, 0.2) is 12.1 Å². The van der Waals surface area contributed by atoms with E-state index in [4.69, 9.17) is 11.1 Å². The van der Waals surface area contributed by atoms with Crippen molar-refractivity contribution in [3.63, 3.8) is 0 Å². The summed E-state index contributed by atoms with van der Waals surface area (Å²) in [6.45, 7) is 4.48. The van der Waals surface area contributed by atoms with Gasteiger partial charge in [0, 0.05) is 24.3 Å². The fraction of sp³-hybridized carbons (Fsp3) is 0.333. The highest BCUT2D eigenvalue weighted by atomic mass is 16.2. The Kier molecular flexibility index (Phi) is 2.42. The minimum Gasteiger partial charge on any atom is -0.398 e. The van der Waals surface area contributed by atoms with Crippen LogP contribution >= 0.6 is 0 Å².